The van der Waals surface area contributed by atoms with E-state index in [0.717, 1.165) is 10.9 Å². The third kappa shape index (κ3) is 6.02. The van der Waals surface area contributed by atoms with Crippen molar-refractivity contribution in [3.63, 3.8) is 0 Å². The standard InChI is InChI=1S/C10H13FN5O7P.C10H12FN5O4/c11-10-14-7(12)4-8(15-10)16(2-13-4)9-6(18)5(17)3(23-9)1-22-24(19,20)21;11-10-14-7(12)4-8(15-10)16(2-13-4)9-6(19)5(18)3(1-17)20-9/h2-3,5-6,9,17-18H,1H2,(H2,12,14,15)(H2,19,20,21);2-3,5-6,9,17-19H,1H2,(H2,12,14,15)/t2*3-,5-,6+,9-/m11/s1. The first-order valence-corrected chi connectivity index (χ1v) is 13.9. The number of hydrogen-bond donors (Lipinski definition) is 9. The molecule has 0 bridgehead atoms. The lowest BCUT2D eigenvalue weighted by Crippen LogP contribution is -2.33. The van der Waals surface area contributed by atoms with Crippen LogP contribution in [0.4, 0.5) is 20.4 Å². The van der Waals surface area contributed by atoms with E-state index in [1.807, 2.05) is 0 Å². The number of nitrogens with zero attached hydrogens (tertiary/aromatic N) is 8. The van der Waals surface area contributed by atoms with Crippen molar-refractivity contribution in [2.45, 2.75) is 49.1 Å². The van der Waals surface area contributed by atoms with Gasteiger partial charge < -0.3 is 56.3 Å². The zero-order valence-corrected chi connectivity index (χ0v) is 22.8. The first kappa shape index (κ1) is 31.8. The average Bonchev–Trinajstić information content (AvgIpc) is 3.69. The Morgan fingerprint density at radius 1 is 0.795 bits per heavy atom. The first-order chi connectivity index (χ1) is 20.7. The molecule has 6 heterocycles. The molecule has 4 aromatic rings. The number of ether oxygens (including phenoxy) is 2. The number of phosphoric acid groups is 1. The first-order valence-electron chi connectivity index (χ1n) is 12.3. The quantitative estimate of drug-likeness (QED) is 0.0719. The third-order valence-electron chi connectivity index (χ3n) is 6.65. The van der Waals surface area contributed by atoms with Gasteiger partial charge in [0.25, 0.3) is 0 Å². The van der Waals surface area contributed by atoms with Gasteiger partial charge in [0.15, 0.2) is 46.4 Å². The maximum Gasteiger partial charge on any atom is 0.469 e. The summed E-state index contributed by atoms with van der Waals surface area (Å²) in [5.74, 6) is -0.358. The average molecular weight is 650 g/mol. The number of fused-ring (bicyclic) bond motifs is 2. The number of nitrogens with two attached hydrogens (primary N) is 2. The lowest BCUT2D eigenvalue weighted by atomic mass is 10.1. The number of rotatable bonds is 6. The lowest BCUT2D eigenvalue weighted by molar-refractivity contribution is -0.0511. The minimum absolute atomic E-state index is 0.0323. The van der Waals surface area contributed by atoms with Crippen LogP contribution in [0.2, 0.25) is 0 Å². The summed E-state index contributed by atoms with van der Waals surface area (Å²) in [5, 5.41) is 48.7. The van der Waals surface area contributed by atoms with Crippen LogP contribution in [0.1, 0.15) is 12.5 Å². The second-order valence-electron chi connectivity index (χ2n) is 9.47. The highest BCUT2D eigenvalue weighted by atomic mass is 31.2. The van der Waals surface area contributed by atoms with E-state index in [-0.39, 0.29) is 34.0 Å². The van der Waals surface area contributed by atoms with Gasteiger partial charge >= 0.3 is 20.0 Å². The Bertz CT molecular complexity index is 1710. The van der Waals surface area contributed by atoms with E-state index in [4.69, 9.17) is 35.8 Å². The summed E-state index contributed by atoms with van der Waals surface area (Å²) < 4.78 is 54.6. The number of anilines is 2. The summed E-state index contributed by atoms with van der Waals surface area (Å²) in [6.45, 7) is -1.13. The van der Waals surface area contributed by atoms with Crippen molar-refractivity contribution in [1.29, 1.82) is 0 Å². The van der Waals surface area contributed by atoms with Gasteiger partial charge in [0, 0.05) is 0 Å². The molecule has 8 atom stereocenters. The highest BCUT2D eigenvalue weighted by Crippen LogP contribution is 2.39. The number of nitrogen functional groups attached to an aromatic ring is 2. The summed E-state index contributed by atoms with van der Waals surface area (Å²) in [7, 11) is -4.78. The van der Waals surface area contributed by atoms with Gasteiger partial charge in [0.05, 0.1) is 25.9 Å². The molecule has 0 amide bonds. The molecule has 0 radical (unpaired) electrons. The van der Waals surface area contributed by atoms with Gasteiger partial charge in [-0.05, 0) is 0 Å². The maximum absolute atomic E-state index is 13.3. The number of aromatic nitrogens is 8. The minimum Gasteiger partial charge on any atom is -0.394 e. The van der Waals surface area contributed by atoms with Crippen molar-refractivity contribution in [2.75, 3.05) is 24.7 Å². The molecule has 0 unspecified atom stereocenters. The fraction of sp³-hybridized carbons (Fsp3) is 0.500. The molecule has 2 fully saturated rings. The Morgan fingerprint density at radius 3 is 1.64 bits per heavy atom. The zero-order valence-electron chi connectivity index (χ0n) is 21.9. The summed E-state index contributed by atoms with van der Waals surface area (Å²) >= 11 is 0. The molecular formula is C20H25F2N10O11P. The Labute approximate surface area is 242 Å². The van der Waals surface area contributed by atoms with E-state index in [1.165, 1.54) is 10.9 Å². The molecule has 240 valence electrons. The van der Waals surface area contributed by atoms with E-state index in [1.54, 1.807) is 0 Å². The molecule has 6 rings (SSSR count). The number of phosphoric ester groups is 1. The van der Waals surface area contributed by atoms with Crippen molar-refractivity contribution in [1.82, 2.24) is 39.0 Å². The third-order valence-corrected chi connectivity index (χ3v) is 7.14. The van der Waals surface area contributed by atoms with Crippen LogP contribution < -0.4 is 11.5 Å². The number of hydrogen-bond acceptors (Lipinski definition) is 17. The molecule has 11 N–H and O–H groups in total. The largest absolute Gasteiger partial charge is 0.469 e. The van der Waals surface area contributed by atoms with Gasteiger partial charge in [-0.1, -0.05) is 0 Å². The molecule has 2 aliphatic rings. The molecule has 44 heavy (non-hydrogen) atoms. The number of aliphatic hydroxyl groups is 5. The van der Waals surface area contributed by atoms with Gasteiger partial charge in [-0.15, -0.1) is 0 Å². The SMILES string of the molecule is Nc1nc(F)nc2c1ncn2[C@@H]1O[C@H](CO)[C@@H](O)[C@@H]1O.Nc1nc(F)nc2c1ncn2[C@@H]1O[C@H](COP(=O)(O)O)[C@@H](O)[C@@H]1O. The summed E-state index contributed by atoms with van der Waals surface area (Å²) in [4.78, 5) is 38.9. The second-order valence-corrected chi connectivity index (χ2v) is 10.7. The number of halogens is 2. The smallest absolute Gasteiger partial charge is 0.394 e. The molecule has 0 aliphatic carbocycles. The van der Waals surface area contributed by atoms with Crippen LogP contribution in [0.5, 0.6) is 0 Å². The van der Waals surface area contributed by atoms with Crippen LogP contribution in [0.25, 0.3) is 22.3 Å². The van der Waals surface area contributed by atoms with Crippen LogP contribution >= 0.6 is 7.82 Å². The Morgan fingerprint density at radius 2 is 1.23 bits per heavy atom. The van der Waals surface area contributed by atoms with E-state index in [9.17, 15) is 33.8 Å². The van der Waals surface area contributed by atoms with Crippen LogP contribution in [0.3, 0.4) is 0 Å². The van der Waals surface area contributed by atoms with Crippen LogP contribution in [0.15, 0.2) is 12.7 Å². The summed E-state index contributed by atoms with van der Waals surface area (Å²) in [6, 6.07) is 0. The molecule has 0 saturated carbocycles. The van der Waals surface area contributed by atoms with E-state index in [2.05, 4.69) is 34.4 Å². The second kappa shape index (κ2) is 12.1. The molecule has 2 saturated heterocycles. The topological polar surface area (TPSA) is 326 Å². The van der Waals surface area contributed by atoms with Gasteiger partial charge in [-0.25, -0.2) is 14.5 Å². The molecule has 2 aliphatic heterocycles. The molecule has 0 spiro atoms. The highest BCUT2D eigenvalue weighted by molar-refractivity contribution is 7.46. The summed E-state index contributed by atoms with van der Waals surface area (Å²) in [5.41, 5.74) is 11.2. The fourth-order valence-corrected chi connectivity index (χ4v) is 4.91. The number of imidazole rings is 2. The fourth-order valence-electron chi connectivity index (χ4n) is 4.57. The van der Waals surface area contributed by atoms with Gasteiger partial charge in [-0.3, -0.25) is 13.7 Å². The number of aliphatic hydroxyl groups excluding tert-OH is 5. The maximum atomic E-state index is 13.3. The molecule has 4 aromatic heterocycles. The minimum atomic E-state index is -4.78. The van der Waals surface area contributed by atoms with Crippen molar-refractivity contribution in [3.8, 4) is 0 Å². The highest BCUT2D eigenvalue weighted by Gasteiger charge is 2.46. The molecule has 0 aromatic carbocycles. The van der Waals surface area contributed by atoms with Crippen LogP contribution in [-0.2, 0) is 18.6 Å². The van der Waals surface area contributed by atoms with Crippen molar-refractivity contribution in [2.24, 2.45) is 0 Å². The van der Waals surface area contributed by atoms with E-state index < -0.39 is 82.3 Å². The van der Waals surface area contributed by atoms with Crippen LogP contribution in [-0.4, -0.2) is 124 Å². The van der Waals surface area contributed by atoms with Crippen molar-refractivity contribution < 1.29 is 62.7 Å². The van der Waals surface area contributed by atoms with Crippen molar-refractivity contribution >= 4 is 41.8 Å². The Kier molecular flexibility index (Phi) is 8.71. The Balaban J connectivity index is 0.000000177. The van der Waals surface area contributed by atoms with E-state index in [0.29, 0.717) is 0 Å². The predicted molar refractivity (Wildman–Crippen MR) is 136 cm³/mol. The molecule has 21 nitrogen and oxygen atoms in total. The normalized spacial score (nSPS) is 28.9. The predicted octanol–water partition coefficient (Wildman–Crippen LogP) is -3.56. The van der Waals surface area contributed by atoms with Gasteiger partial charge in [0.2, 0.25) is 0 Å². The lowest BCUT2D eigenvalue weighted by Gasteiger charge is -2.16. The van der Waals surface area contributed by atoms with Crippen molar-refractivity contribution in [3.05, 3.63) is 24.8 Å². The molecule has 24 heteroatoms. The summed E-state index contributed by atoms with van der Waals surface area (Å²) in [6.07, 6.45) is -9.84. The zero-order chi connectivity index (χ0) is 32.1. The van der Waals surface area contributed by atoms with Gasteiger partial charge in [-0.2, -0.15) is 28.7 Å². The van der Waals surface area contributed by atoms with Gasteiger partial charge in [0.1, 0.15) is 36.6 Å². The Hall–Kier alpha value is -3.61. The molecular weight excluding hydrogens is 625 g/mol. The van der Waals surface area contributed by atoms with Crippen LogP contribution in [0, 0.1) is 12.2 Å². The monoisotopic (exact) mass is 650 g/mol. The van der Waals surface area contributed by atoms with E-state index >= 15 is 0 Å².